The lowest BCUT2D eigenvalue weighted by Crippen LogP contribution is -2.36. The Morgan fingerprint density at radius 2 is 1.68 bits per heavy atom. The van der Waals surface area contributed by atoms with E-state index in [1.54, 1.807) is 0 Å². The number of nitrogens with one attached hydrogen (secondary N) is 1. The number of hydrogen-bond acceptors (Lipinski definition) is 4. The molecule has 0 unspecified atom stereocenters. The number of carbonyl (C=O) groups excluding carboxylic acids is 2. The zero-order chi connectivity index (χ0) is 28.1. The Labute approximate surface area is 225 Å². The van der Waals surface area contributed by atoms with Crippen LogP contribution >= 0.6 is 0 Å². The third-order valence-corrected chi connectivity index (χ3v) is 6.22. The summed E-state index contributed by atoms with van der Waals surface area (Å²) < 4.78 is 0. The van der Waals surface area contributed by atoms with Crippen LogP contribution in [0.5, 0.6) is 0 Å². The molecule has 0 aromatic heterocycles. The Morgan fingerprint density at radius 1 is 1.08 bits per heavy atom. The number of rotatable bonds is 7. The van der Waals surface area contributed by atoms with Crippen LogP contribution in [0, 0.1) is 12.8 Å². The van der Waals surface area contributed by atoms with Gasteiger partial charge in [0.2, 0.25) is 0 Å². The van der Waals surface area contributed by atoms with Gasteiger partial charge in [0.1, 0.15) is 13.1 Å². The zero-order valence-electron chi connectivity index (χ0n) is 23.6. The summed E-state index contributed by atoms with van der Waals surface area (Å²) in [5.41, 5.74) is 6.99. The van der Waals surface area contributed by atoms with Crippen molar-refractivity contribution in [1.82, 2.24) is 10.2 Å². The number of aldehydes is 1. The highest BCUT2D eigenvalue weighted by Gasteiger charge is 2.20. The molecule has 0 bridgehead atoms. The van der Waals surface area contributed by atoms with Crippen molar-refractivity contribution < 1.29 is 9.59 Å². The third kappa shape index (κ3) is 12.9. The Kier molecular flexibility index (Phi) is 18.8. The van der Waals surface area contributed by atoms with Gasteiger partial charge in [-0.05, 0) is 82.5 Å². The summed E-state index contributed by atoms with van der Waals surface area (Å²) in [6.07, 6.45) is 10.3. The average Bonchev–Trinajstić information content (AvgIpc) is 2.93. The molecule has 1 saturated heterocycles. The van der Waals surface area contributed by atoms with Gasteiger partial charge in [0.15, 0.2) is 0 Å². The fourth-order valence-corrected chi connectivity index (χ4v) is 4.05. The van der Waals surface area contributed by atoms with Gasteiger partial charge in [-0.15, -0.1) is 5.73 Å². The van der Waals surface area contributed by atoms with Crippen LogP contribution in [-0.4, -0.2) is 44.7 Å². The molecule has 4 nitrogen and oxygen atoms in total. The highest BCUT2D eigenvalue weighted by molar-refractivity contribution is 5.82. The topological polar surface area (TPSA) is 49.4 Å². The van der Waals surface area contributed by atoms with Gasteiger partial charge in [0, 0.05) is 24.4 Å². The van der Waals surface area contributed by atoms with Crippen molar-refractivity contribution in [3.63, 3.8) is 0 Å². The summed E-state index contributed by atoms with van der Waals surface area (Å²) in [5.74, 6) is 0.791. The molecule has 4 heteroatoms. The monoisotopic (exact) mass is 502 g/mol. The van der Waals surface area contributed by atoms with Crippen molar-refractivity contribution in [2.45, 2.75) is 47.0 Å². The van der Waals surface area contributed by atoms with E-state index in [9.17, 15) is 4.79 Å². The fourth-order valence-electron chi connectivity index (χ4n) is 4.05. The highest BCUT2D eigenvalue weighted by Crippen LogP contribution is 2.24. The van der Waals surface area contributed by atoms with E-state index in [1.807, 2.05) is 32.9 Å². The number of fused-ring (bicyclic) bond motifs is 1. The molecule has 3 rings (SSSR count). The maximum atomic E-state index is 10.9. The second-order valence-electron chi connectivity index (χ2n) is 8.85. The summed E-state index contributed by atoms with van der Waals surface area (Å²) in [6, 6.07) is 14.9. The minimum atomic E-state index is 0.737. The standard InChI is InChI=1S/C18H30N2O.C11H10.C3H4.CH2O/c1-5-15(3)18(8-7-16(6-2)14-21)20-11-9-17(10-12-20)13-19-4;1-9-6-7-10-4-2-3-5-11(10)8-9;1-3-2;1-2/h6-8,14,17,19H,5,9-13H2,1-4H3;2-8H,1H3;1-2H2;1H2/b8-7-,16-6+,18-15?;;;. The van der Waals surface area contributed by atoms with Crippen molar-refractivity contribution in [2.75, 3.05) is 26.7 Å². The van der Waals surface area contributed by atoms with Crippen LogP contribution in [0.4, 0.5) is 0 Å². The zero-order valence-corrected chi connectivity index (χ0v) is 23.6. The third-order valence-electron chi connectivity index (χ3n) is 6.22. The summed E-state index contributed by atoms with van der Waals surface area (Å²) >= 11 is 0. The molecule has 200 valence electrons. The van der Waals surface area contributed by atoms with Crippen molar-refractivity contribution >= 4 is 23.8 Å². The first-order chi connectivity index (χ1) is 17.9. The fraction of sp³-hybridized carbons (Fsp3) is 0.364. The number of aryl methyl sites for hydroxylation is 1. The van der Waals surface area contributed by atoms with E-state index in [2.05, 4.69) is 98.4 Å². The summed E-state index contributed by atoms with van der Waals surface area (Å²) in [5, 5.41) is 5.92. The minimum Gasteiger partial charge on any atom is -0.372 e. The summed E-state index contributed by atoms with van der Waals surface area (Å²) in [6.45, 7) is 20.0. The van der Waals surface area contributed by atoms with Gasteiger partial charge in [-0.1, -0.05) is 79.8 Å². The van der Waals surface area contributed by atoms with Gasteiger partial charge in [-0.3, -0.25) is 4.79 Å². The Bertz CT molecular complexity index is 1050. The van der Waals surface area contributed by atoms with E-state index < -0.39 is 0 Å². The number of piperidine rings is 1. The predicted molar refractivity (Wildman–Crippen MR) is 161 cm³/mol. The normalized spacial score (nSPS) is 14.2. The van der Waals surface area contributed by atoms with Gasteiger partial charge < -0.3 is 15.0 Å². The van der Waals surface area contributed by atoms with E-state index in [4.69, 9.17) is 4.79 Å². The van der Waals surface area contributed by atoms with Crippen molar-refractivity contribution in [3.05, 3.63) is 102 Å². The van der Waals surface area contributed by atoms with Crippen LogP contribution in [0.1, 0.15) is 45.6 Å². The van der Waals surface area contributed by atoms with Gasteiger partial charge in [-0.2, -0.15) is 0 Å². The molecule has 1 fully saturated rings. The molecule has 37 heavy (non-hydrogen) atoms. The first-order valence-corrected chi connectivity index (χ1v) is 12.9. The van der Waals surface area contributed by atoms with Crippen LogP contribution < -0.4 is 5.32 Å². The van der Waals surface area contributed by atoms with Crippen molar-refractivity contribution in [1.29, 1.82) is 0 Å². The minimum absolute atomic E-state index is 0.737. The molecule has 1 aliphatic rings. The molecule has 0 saturated carbocycles. The number of likely N-dealkylation sites (tertiary alicyclic amines) is 1. The molecule has 2 aromatic carbocycles. The number of hydrogen-bond donors (Lipinski definition) is 1. The van der Waals surface area contributed by atoms with Crippen LogP contribution in [0.15, 0.2) is 96.4 Å². The second-order valence-corrected chi connectivity index (χ2v) is 8.85. The largest absolute Gasteiger partial charge is 0.372 e. The van der Waals surface area contributed by atoms with E-state index in [1.165, 1.54) is 40.4 Å². The molecule has 1 N–H and O–H groups in total. The number of allylic oxidation sites excluding steroid dienone is 5. The lowest BCUT2D eigenvalue weighted by molar-refractivity contribution is -0.104. The molecule has 0 atom stereocenters. The Morgan fingerprint density at radius 3 is 2.19 bits per heavy atom. The maximum absolute atomic E-state index is 10.9. The van der Waals surface area contributed by atoms with Gasteiger partial charge in [0.25, 0.3) is 0 Å². The van der Waals surface area contributed by atoms with E-state index in [0.717, 1.165) is 43.8 Å². The van der Waals surface area contributed by atoms with Crippen molar-refractivity contribution in [3.8, 4) is 0 Å². The van der Waals surface area contributed by atoms with Crippen molar-refractivity contribution in [2.24, 2.45) is 5.92 Å². The van der Waals surface area contributed by atoms with E-state index in [-0.39, 0.29) is 0 Å². The first kappa shape index (κ1) is 33.5. The molecule has 1 aliphatic heterocycles. The van der Waals surface area contributed by atoms with E-state index >= 15 is 0 Å². The smallest absolute Gasteiger partial charge is 0.149 e. The van der Waals surface area contributed by atoms with Gasteiger partial charge >= 0.3 is 0 Å². The highest BCUT2D eigenvalue weighted by atomic mass is 16.1. The summed E-state index contributed by atoms with van der Waals surface area (Å²) in [7, 11) is 2.03. The molecule has 0 aliphatic carbocycles. The second kappa shape index (κ2) is 20.7. The van der Waals surface area contributed by atoms with Gasteiger partial charge in [0.05, 0.1) is 0 Å². The van der Waals surface area contributed by atoms with Crippen LogP contribution in [0.25, 0.3) is 10.8 Å². The predicted octanol–water partition coefficient (Wildman–Crippen LogP) is 7.22. The molecule has 0 radical (unpaired) electrons. The lowest BCUT2D eigenvalue weighted by Gasteiger charge is -2.35. The van der Waals surface area contributed by atoms with Gasteiger partial charge in [-0.25, -0.2) is 0 Å². The molecule has 1 heterocycles. The van der Waals surface area contributed by atoms with Crippen LogP contribution in [-0.2, 0) is 9.59 Å². The lowest BCUT2D eigenvalue weighted by atomic mass is 9.95. The molecule has 0 spiro atoms. The number of nitrogens with zero attached hydrogens (tertiary/aromatic N) is 1. The number of carbonyl (C=O) groups is 2. The van der Waals surface area contributed by atoms with Crippen LogP contribution in [0.3, 0.4) is 0 Å². The Balaban J connectivity index is 0.000000670. The molecule has 0 amide bonds. The molecule has 2 aromatic rings. The molecular formula is C33H46N2O2. The Hall–Kier alpha value is -3.46. The SMILES string of the molecule is C/C=C(C=O)\C=C/C(=C(C)CC)N1CCC(CNC)CC1.C=C=C.C=O.Cc1ccc2ccccc2c1. The van der Waals surface area contributed by atoms with E-state index in [0.29, 0.717) is 0 Å². The van der Waals surface area contributed by atoms with Crippen LogP contribution in [0.2, 0.25) is 0 Å². The summed E-state index contributed by atoms with van der Waals surface area (Å²) in [4.78, 5) is 21.4. The maximum Gasteiger partial charge on any atom is 0.149 e. The average molecular weight is 503 g/mol. The molecular weight excluding hydrogens is 456 g/mol. The first-order valence-electron chi connectivity index (χ1n) is 12.9. The number of benzene rings is 2. The quantitative estimate of drug-likeness (QED) is 0.188.